The minimum absolute atomic E-state index is 0.0420. The third-order valence-corrected chi connectivity index (χ3v) is 1.36. The molecule has 0 N–H and O–H groups in total. The first-order valence-corrected chi connectivity index (χ1v) is 3.46. The zero-order chi connectivity index (χ0) is 9.56. The average molecular weight is 172 g/mol. The molecule has 0 aromatic carbocycles. The maximum Gasteiger partial charge on any atom is 0.333 e. The van der Waals surface area contributed by atoms with E-state index in [0.717, 1.165) is 0 Å². The van der Waals surface area contributed by atoms with Gasteiger partial charge in [0.25, 0.3) is 0 Å². The van der Waals surface area contributed by atoms with Crippen molar-refractivity contribution in [3.63, 3.8) is 0 Å². The molecule has 0 radical (unpaired) electrons. The Balaban J connectivity index is 4.20. The summed E-state index contributed by atoms with van der Waals surface area (Å²) in [6, 6.07) is 0. The molecule has 12 heavy (non-hydrogen) atoms. The first-order valence-electron chi connectivity index (χ1n) is 3.46. The molecule has 0 aliphatic heterocycles. The summed E-state index contributed by atoms with van der Waals surface area (Å²) in [7, 11) is 2.54. The fraction of sp³-hybridized carbons (Fsp3) is 0.500. The summed E-state index contributed by atoms with van der Waals surface area (Å²) in [5.74, 6) is -0.948. The Morgan fingerprint density at radius 3 is 2.17 bits per heavy atom. The molecular weight excluding hydrogens is 160 g/mol. The number of carbonyl (C=O) groups is 2. The van der Waals surface area contributed by atoms with Crippen molar-refractivity contribution in [1.29, 1.82) is 0 Å². The van der Waals surface area contributed by atoms with Crippen LogP contribution in [-0.2, 0) is 19.1 Å². The summed E-state index contributed by atoms with van der Waals surface area (Å²) < 4.78 is 8.82. The van der Waals surface area contributed by atoms with E-state index < -0.39 is 11.9 Å². The standard InChI is InChI=1S/C8H12O4/c1-4-6(8(10)12-3)5-7(9)11-2/h4H,5H2,1-3H3. The Kier molecular flexibility index (Phi) is 4.76. The lowest BCUT2D eigenvalue weighted by Gasteiger charge is -2.02. The summed E-state index contributed by atoms with van der Waals surface area (Å²) in [5, 5.41) is 0. The highest BCUT2D eigenvalue weighted by Crippen LogP contribution is 2.04. The minimum Gasteiger partial charge on any atom is -0.469 e. The Morgan fingerprint density at radius 1 is 1.25 bits per heavy atom. The molecule has 0 fully saturated rings. The smallest absolute Gasteiger partial charge is 0.333 e. The fourth-order valence-corrected chi connectivity index (χ4v) is 0.651. The van der Waals surface area contributed by atoms with E-state index in [1.165, 1.54) is 20.3 Å². The summed E-state index contributed by atoms with van der Waals surface area (Å²) in [6.07, 6.45) is 1.49. The molecule has 0 aromatic rings. The maximum atomic E-state index is 10.9. The first-order chi connectivity index (χ1) is 5.65. The molecule has 4 nitrogen and oxygen atoms in total. The van der Waals surface area contributed by atoms with Crippen molar-refractivity contribution in [1.82, 2.24) is 0 Å². The van der Waals surface area contributed by atoms with E-state index in [1.807, 2.05) is 0 Å². The molecule has 0 aromatic heterocycles. The number of methoxy groups -OCH3 is 2. The van der Waals surface area contributed by atoms with E-state index in [0.29, 0.717) is 5.57 Å². The lowest BCUT2D eigenvalue weighted by atomic mass is 10.2. The Morgan fingerprint density at radius 2 is 1.83 bits per heavy atom. The normalized spacial score (nSPS) is 10.8. The van der Waals surface area contributed by atoms with Crippen LogP contribution < -0.4 is 0 Å². The highest BCUT2D eigenvalue weighted by atomic mass is 16.5. The Bertz CT molecular complexity index is 205. The fourth-order valence-electron chi connectivity index (χ4n) is 0.651. The molecule has 0 bridgehead atoms. The van der Waals surface area contributed by atoms with Gasteiger partial charge in [0.05, 0.1) is 20.6 Å². The third kappa shape index (κ3) is 3.18. The van der Waals surface area contributed by atoms with Gasteiger partial charge in [0.15, 0.2) is 0 Å². The van der Waals surface area contributed by atoms with E-state index in [-0.39, 0.29) is 6.42 Å². The van der Waals surface area contributed by atoms with E-state index in [2.05, 4.69) is 9.47 Å². The Hall–Kier alpha value is -1.32. The molecule has 0 atom stereocenters. The average Bonchev–Trinajstić information content (AvgIpc) is 2.12. The monoisotopic (exact) mass is 172 g/mol. The number of ether oxygens (including phenoxy) is 2. The van der Waals surface area contributed by atoms with Crippen LogP contribution in [0.2, 0.25) is 0 Å². The molecule has 4 heteroatoms. The molecule has 0 aliphatic carbocycles. The van der Waals surface area contributed by atoms with E-state index in [1.54, 1.807) is 6.92 Å². The van der Waals surface area contributed by atoms with Crippen molar-refractivity contribution in [3.05, 3.63) is 11.6 Å². The van der Waals surface area contributed by atoms with Crippen LogP contribution in [-0.4, -0.2) is 26.2 Å². The number of carbonyl (C=O) groups excluding carboxylic acids is 2. The van der Waals surface area contributed by atoms with Crippen LogP contribution in [0.5, 0.6) is 0 Å². The van der Waals surface area contributed by atoms with Crippen LogP contribution in [0, 0.1) is 0 Å². The van der Waals surface area contributed by atoms with Gasteiger partial charge in [0.1, 0.15) is 0 Å². The summed E-state index contributed by atoms with van der Waals surface area (Å²) in [6.45, 7) is 1.66. The van der Waals surface area contributed by atoms with Crippen molar-refractivity contribution >= 4 is 11.9 Å². The second kappa shape index (κ2) is 5.35. The van der Waals surface area contributed by atoms with Crippen LogP contribution in [0.1, 0.15) is 13.3 Å². The first kappa shape index (κ1) is 10.7. The molecule has 0 spiro atoms. The quantitative estimate of drug-likeness (QED) is 0.463. The van der Waals surface area contributed by atoms with Gasteiger partial charge in [-0.15, -0.1) is 0 Å². The van der Waals surface area contributed by atoms with Crippen LogP contribution in [0.25, 0.3) is 0 Å². The number of allylic oxidation sites excluding steroid dienone is 1. The number of hydrogen-bond donors (Lipinski definition) is 0. The van der Waals surface area contributed by atoms with Gasteiger partial charge in [-0.25, -0.2) is 4.79 Å². The van der Waals surface area contributed by atoms with Gasteiger partial charge in [0, 0.05) is 5.57 Å². The lowest BCUT2D eigenvalue weighted by molar-refractivity contribution is -0.143. The predicted octanol–water partition coefficient (Wildman–Crippen LogP) is 0.669. The molecule has 68 valence electrons. The zero-order valence-electron chi connectivity index (χ0n) is 7.42. The summed E-state index contributed by atoms with van der Waals surface area (Å²) >= 11 is 0. The molecule has 0 amide bonds. The highest BCUT2D eigenvalue weighted by molar-refractivity contribution is 5.93. The Labute approximate surface area is 71.2 Å². The van der Waals surface area contributed by atoms with Crippen molar-refractivity contribution in [3.8, 4) is 0 Å². The van der Waals surface area contributed by atoms with Crippen LogP contribution in [0.3, 0.4) is 0 Å². The third-order valence-electron chi connectivity index (χ3n) is 1.36. The summed E-state index contributed by atoms with van der Waals surface area (Å²) in [5.41, 5.74) is 0.310. The van der Waals surface area contributed by atoms with E-state index in [9.17, 15) is 9.59 Å². The van der Waals surface area contributed by atoms with Crippen molar-refractivity contribution in [2.75, 3.05) is 14.2 Å². The lowest BCUT2D eigenvalue weighted by Crippen LogP contribution is -2.10. The zero-order valence-corrected chi connectivity index (χ0v) is 7.42. The van der Waals surface area contributed by atoms with Crippen LogP contribution in [0.4, 0.5) is 0 Å². The SMILES string of the molecule is CC=C(CC(=O)OC)C(=O)OC. The number of hydrogen-bond acceptors (Lipinski definition) is 4. The van der Waals surface area contributed by atoms with Crippen LogP contribution >= 0.6 is 0 Å². The molecular formula is C8H12O4. The van der Waals surface area contributed by atoms with Gasteiger partial charge in [-0.2, -0.15) is 0 Å². The molecule has 0 heterocycles. The highest BCUT2D eigenvalue weighted by Gasteiger charge is 2.12. The van der Waals surface area contributed by atoms with Gasteiger partial charge in [-0.3, -0.25) is 4.79 Å². The number of esters is 2. The second-order valence-corrected chi connectivity index (χ2v) is 2.06. The van der Waals surface area contributed by atoms with E-state index in [4.69, 9.17) is 0 Å². The van der Waals surface area contributed by atoms with E-state index >= 15 is 0 Å². The second-order valence-electron chi connectivity index (χ2n) is 2.06. The van der Waals surface area contributed by atoms with Crippen molar-refractivity contribution < 1.29 is 19.1 Å². The molecule has 0 saturated heterocycles. The van der Waals surface area contributed by atoms with Gasteiger partial charge >= 0.3 is 11.9 Å². The molecule has 0 aliphatic rings. The van der Waals surface area contributed by atoms with Gasteiger partial charge in [-0.1, -0.05) is 6.08 Å². The van der Waals surface area contributed by atoms with Crippen molar-refractivity contribution in [2.24, 2.45) is 0 Å². The molecule has 0 unspecified atom stereocenters. The largest absolute Gasteiger partial charge is 0.469 e. The van der Waals surface area contributed by atoms with Gasteiger partial charge in [-0.05, 0) is 6.92 Å². The van der Waals surface area contributed by atoms with Crippen LogP contribution in [0.15, 0.2) is 11.6 Å². The molecule has 0 rings (SSSR count). The maximum absolute atomic E-state index is 10.9. The predicted molar refractivity (Wildman–Crippen MR) is 42.4 cm³/mol. The van der Waals surface area contributed by atoms with Gasteiger partial charge in [0.2, 0.25) is 0 Å². The van der Waals surface area contributed by atoms with Crippen molar-refractivity contribution in [2.45, 2.75) is 13.3 Å². The summed E-state index contributed by atoms with van der Waals surface area (Å²) in [4.78, 5) is 21.6. The van der Waals surface area contributed by atoms with Gasteiger partial charge < -0.3 is 9.47 Å². The number of rotatable bonds is 3. The topological polar surface area (TPSA) is 52.6 Å². The molecule has 0 saturated carbocycles. The minimum atomic E-state index is -0.497.